The maximum absolute atomic E-state index is 13.2. The average molecular weight is 395 g/mol. The quantitative estimate of drug-likeness (QED) is 0.850. The number of carbonyl (C=O) groups is 1. The minimum Gasteiger partial charge on any atom is -0.363 e. The average Bonchev–Trinajstić information content (AvgIpc) is 3.24. The van der Waals surface area contributed by atoms with Crippen LogP contribution in [0.15, 0.2) is 27.9 Å². The summed E-state index contributed by atoms with van der Waals surface area (Å²) in [5.74, 6) is 0.297. The van der Waals surface area contributed by atoms with Crippen LogP contribution >= 0.6 is 0 Å². The second-order valence-electron chi connectivity index (χ2n) is 7.43. The second kappa shape index (κ2) is 6.99. The fourth-order valence-electron chi connectivity index (χ4n) is 3.57. The maximum Gasteiger partial charge on any atom is 0.323 e. The van der Waals surface area contributed by atoms with E-state index >= 15 is 0 Å². The number of rotatable bonds is 4. The molecule has 9 nitrogen and oxygen atoms in total. The fraction of sp³-hybridized carbons (Fsp3) is 0.588. The lowest BCUT2D eigenvalue weighted by molar-refractivity contribution is 0.171. The van der Waals surface area contributed by atoms with Crippen molar-refractivity contribution in [1.82, 2.24) is 19.8 Å². The van der Waals surface area contributed by atoms with Crippen molar-refractivity contribution in [1.29, 1.82) is 0 Å². The lowest BCUT2D eigenvalue weighted by Gasteiger charge is -2.39. The highest BCUT2D eigenvalue weighted by molar-refractivity contribution is 7.92. The molecule has 1 aliphatic rings. The molecular weight excluding hydrogens is 370 g/mol. The van der Waals surface area contributed by atoms with Gasteiger partial charge in [0.25, 0.3) is 0 Å². The Balaban J connectivity index is 1.69. The van der Waals surface area contributed by atoms with Gasteiger partial charge in [0.2, 0.25) is 9.84 Å². The van der Waals surface area contributed by atoms with Gasteiger partial charge in [0.1, 0.15) is 6.26 Å². The van der Waals surface area contributed by atoms with Crippen LogP contribution in [0.25, 0.3) is 0 Å². The summed E-state index contributed by atoms with van der Waals surface area (Å²) in [5.41, 5.74) is 0.672. The summed E-state index contributed by atoms with van der Waals surface area (Å²) < 4.78 is 31.6. The predicted molar refractivity (Wildman–Crippen MR) is 99.0 cm³/mol. The van der Waals surface area contributed by atoms with Gasteiger partial charge in [0, 0.05) is 26.2 Å². The van der Waals surface area contributed by atoms with Crippen molar-refractivity contribution in [3.63, 3.8) is 0 Å². The van der Waals surface area contributed by atoms with E-state index in [-0.39, 0.29) is 17.0 Å². The van der Waals surface area contributed by atoms with E-state index in [1.165, 1.54) is 10.9 Å². The number of amides is 2. The molecule has 0 radical (unpaired) electrons. The summed E-state index contributed by atoms with van der Waals surface area (Å²) in [6.45, 7) is 6.27. The molecule has 2 aromatic heterocycles. The Bertz CT molecular complexity index is 909. The van der Waals surface area contributed by atoms with Crippen LogP contribution in [0.2, 0.25) is 0 Å². The Morgan fingerprint density at radius 1 is 1.33 bits per heavy atom. The van der Waals surface area contributed by atoms with Gasteiger partial charge in [-0.3, -0.25) is 10.00 Å². The molecule has 10 heteroatoms. The van der Waals surface area contributed by atoms with Gasteiger partial charge in [0.05, 0.1) is 10.4 Å². The number of piperidine rings is 1. The van der Waals surface area contributed by atoms with E-state index in [4.69, 9.17) is 4.52 Å². The molecule has 1 fully saturated rings. The van der Waals surface area contributed by atoms with Crippen LogP contribution in [-0.4, -0.2) is 52.1 Å². The second-order valence-corrected chi connectivity index (χ2v) is 9.91. The third-order valence-corrected chi connectivity index (χ3v) is 8.02. The van der Waals surface area contributed by atoms with Gasteiger partial charge in [-0.25, -0.2) is 13.2 Å². The van der Waals surface area contributed by atoms with Gasteiger partial charge in [-0.05, 0) is 45.6 Å². The molecule has 3 heterocycles. The van der Waals surface area contributed by atoms with Crippen molar-refractivity contribution < 1.29 is 17.7 Å². The number of sulfone groups is 1. The minimum absolute atomic E-state index is 0.0613. The zero-order valence-corrected chi connectivity index (χ0v) is 16.8. The molecule has 1 aliphatic heterocycles. The van der Waals surface area contributed by atoms with E-state index in [0.717, 1.165) is 0 Å². The molecule has 0 aliphatic carbocycles. The number of aryl methyl sites for hydroxylation is 2. The van der Waals surface area contributed by atoms with Crippen LogP contribution in [0, 0.1) is 12.8 Å². The van der Waals surface area contributed by atoms with Crippen LogP contribution < -0.4 is 5.32 Å². The molecule has 3 rings (SSSR count). The number of anilines is 1. The first-order valence-electron chi connectivity index (χ1n) is 8.84. The first kappa shape index (κ1) is 19.4. The highest BCUT2D eigenvalue weighted by Gasteiger charge is 2.45. The number of carbonyl (C=O) groups excluding carboxylic acids is 1. The molecule has 27 heavy (non-hydrogen) atoms. The molecular formula is C17H25N5O4S. The molecule has 0 bridgehead atoms. The third-order valence-electron chi connectivity index (χ3n) is 5.37. The molecule has 0 aromatic carbocycles. The predicted octanol–water partition coefficient (Wildman–Crippen LogP) is 2.21. The Morgan fingerprint density at radius 3 is 2.52 bits per heavy atom. The summed E-state index contributed by atoms with van der Waals surface area (Å²) in [5, 5.41) is 10.7. The Hall–Kier alpha value is -2.36. The normalized spacial score (nSPS) is 16.5. The Morgan fingerprint density at radius 2 is 2.00 bits per heavy atom. The van der Waals surface area contributed by atoms with E-state index in [1.54, 1.807) is 44.9 Å². The standard InChI is InChI=1S/C17H25N5O4S/c1-12-11-15(21(4)19-12)27(24,25)17(2,3)13-5-8-22(9-6-13)16(23)18-14-7-10-26-20-14/h7,10-11,13H,5-6,8-9H2,1-4H3,(H,18,20,23). The van der Waals surface area contributed by atoms with Gasteiger partial charge in [-0.1, -0.05) is 5.16 Å². The van der Waals surface area contributed by atoms with Crippen LogP contribution in [0.5, 0.6) is 0 Å². The molecule has 1 N–H and O–H groups in total. The summed E-state index contributed by atoms with van der Waals surface area (Å²) >= 11 is 0. The van der Waals surface area contributed by atoms with E-state index in [2.05, 4.69) is 15.6 Å². The minimum atomic E-state index is -3.57. The fourth-order valence-corrected chi connectivity index (χ4v) is 5.50. The van der Waals surface area contributed by atoms with Gasteiger partial charge in [-0.2, -0.15) is 5.10 Å². The van der Waals surface area contributed by atoms with Crippen LogP contribution in [0.3, 0.4) is 0 Å². The summed E-state index contributed by atoms with van der Waals surface area (Å²) in [4.78, 5) is 14.0. The van der Waals surface area contributed by atoms with Crippen LogP contribution in [0.1, 0.15) is 32.4 Å². The van der Waals surface area contributed by atoms with Crippen molar-refractivity contribution >= 4 is 21.7 Å². The number of nitrogens with one attached hydrogen (secondary N) is 1. The van der Waals surface area contributed by atoms with Gasteiger partial charge >= 0.3 is 6.03 Å². The van der Waals surface area contributed by atoms with Gasteiger partial charge in [-0.15, -0.1) is 0 Å². The first-order valence-corrected chi connectivity index (χ1v) is 10.3. The van der Waals surface area contributed by atoms with E-state index in [1.807, 2.05) is 0 Å². The number of likely N-dealkylation sites (tertiary alicyclic amines) is 1. The molecule has 148 valence electrons. The Kier molecular flexibility index (Phi) is 5.02. The van der Waals surface area contributed by atoms with Crippen LogP contribution in [0.4, 0.5) is 10.6 Å². The lowest BCUT2D eigenvalue weighted by Crippen LogP contribution is -2.48. The Labute approximate surface area is 158 Å². The SMILES string of the molecule is Cc1cc(S(=O)(=O)C(C)(C)C2CCN(C(=O)Nc3ccon3)CC2)n(C)n1. The lowest BCUT2D eigenvalue weighted by atomic mass is 9.86. The zero-order chi connectivity index (χ0) is 19.8. The number of aromatic nitrogens is 3. The number of hydrogen-bond donors (Lipinski definition) is 1. The van der Waals surface area contributed by atoms with Crippen molar-refractivity contribution in [3.05, 3.63) is 24.1 Å². The maximum atomic E-state index is 13.2. The molecule has 0 unspecified atom stereocenters. The summed E-state index contributed by atoms with van der Waals surface area (Å²) in [6, 6.07) is 2.92. The van der Waals surface area contributed by atoms with E-state index in [9.17, 15) is 13.2 Å². The molecule has 1 saturated heterocycles. The monoisotopic (exact) mass is 395 g/mol. The zero-order valence-electron chi connectivity index (χ0n) is 16.0. The number of urea groups is 1. The van der Waals surface area contributed by atoms with Gasteiger partial charge in [0.15, 0.2) is 10.8 Å². The highest BCUT2D eigenvalue weighted by atomic mass is 32.2. The van der Waals surface area contributed by atoms with Gasteiger partial charge < -0.3 is 9.42 Å². The first-order chi connectivity index (χ1) is 12.6. The van der Waals surface area contributed by atoms with Crippen LogP contribution in [-0.2, 0) is 16.9 Å². The van der Waals surface area contributed by atoms with Crippen molar-refractivity contribution in [2.24, 2.45) is 13.0 Å². The largest absolute Gasteiger partial charge is 0.363 e. The highest BCUT2D eigenvalue weighted by Crippen LogP contribution is 2.38. The third kappa shape index (κ3) is 3.58. The smallest absolute Gasteiger partial charge is 0.323 e. The van der Waals surface area contributed by atoms with E-state index in [0.29, 0.717) is 37.4 Å². The van der Waals surface area contributed by atoms with Crippen molar-refractivity contribution in [2.45, 2.75) is 43.4 Å². The summed E-state index contributed by atoms with van der Waals surface area (Å²) in [6.07, 6.45) is 2.60. The molecule has 0 spiro atoms. The molecule has 2 aromatic rings. The number of nitrogens with zero attached hydrogens (tertiary/aromatic N) is 4. The van der Waals surface area contributed by atoms with Crippen molar-refractivity contribution in [3.8, 4) is 0 Å². The van der Waals surface area contributed by atoms with E-state index < -0.39 is 14.6 Å². The molecule has 2 amide bonds. The number of hydrogen-bond acceptors (Lipinski definition) is 6. The molecule has 0 atom stereocenters. The van der Waals surface area contributed by atoms with Crippen molar-refractivity contribution in [2.75, 3.05) is 18.4 Å². The topological polar surface area (TPSA) is 110 Å². The summed E-state index contributed by atoms with van der Waals surface area (Å²) in [7, 11) is -1.92. The molecule has 0 saturated carbocycles.